The van der Waals surface area contributed by atoms with Gasteiger partial charge in [0.1, 0.15) is 18.3 Å². The third kappa shape index (κ3) is 3.73. The van der Waals surface area contributed by atoms with Crippen LogP contribution in [0, 0.1) is 13.8 Å². The monoisotopic (exact) mass is 431 g/mol. The number of aryl methyl sites for hydroxylation is 2. The van der Waals surface area contributed by atoms with Crippen LogP contribution in [0.25, 0.3) is 11.4 Å². The van der Waals surface area contributed by atoms with E-state index in [0.29, 0.717) is 18.1 Å². The number of nitrogens with one attached hydrogen (secondary N) is 1. The molecule has 1 amide bonds. The molecule has 8 heteroatoms. The van der Waals surface area contributed by atoms with Gasteiger partial charge in [0.15, 0.2) is 0 Å². The van der Waals surface area contributed by atoms with Gasteiger partial charge in [-0.3, -0.25) is 4.79 Å². The molecule has 5 rings (SSSR count). The zero-order valence-corrected chi connectivity index (χ0v) is 18.3. The lowest BCUT2D eigenvalue weighted by Gasteiger charge is -2.30. The summed E-state index contributed by atoms with van der Waals surface area (Å²) in [4.78, 5) is 19.2. The Bertz CT molecular complexity index is 1170. The maximum atomic E-state index is 13.1. The van der Waals surface area contributed by atoms with Crippen molar-refractivity contribution in [1.82, 2.24) is 25.5 Å². The van der Waals surface area contributed by atoms with E-state index in [1.54, 1.807) is 18.2 Å². The minimum atomic E-state index is -0.268. The Balaban J connectivity index is 1.27. The highest BCUT2D eigenvalue weighted by Crippen LogP contribution is 2.32. The van der Waals surface area contributed by atoms with Gasteiger partial charge in [0.25, 0.3) is 5.91 Å². The van der Waals surface area contributed by atoms with E-state index in [0.717, 1.165) is 11.3 Å². The number of nitrogens with zero attached hydrogens (tertiary/aromatic N) is 4. The minimum absolute atomic E-state index is 0.00975. The number of amides is 1. The fraction of sp³-hybridized carbons (Fsp3) is 0.292. The van der Waals surface area contributed by atoms with Crippen molar-refractivity contribution in [2.24, 2.45) is 0 Å². The molecule has 1 N–H and O–H groups in total. The molecule has 32 heavy (non-hydrogen) atoms. The summed E-state index contributed by atoms with van der Waals surface area (Å²) >= 11 is 0. The Morgan fingerprint density at radius 2 is 1.94 bits per heavy atom. The lowest BCUT2D eigenvalue weighted by Crippen LogP contribution is -2.47. The summed E-state index contributed by atoms with van der Waals surface area (Å²) in [6, 6.07) is 13.7. The molecule has 3 heterocycles. The van der Waals surface area contributed by atoms with Crippen LogP contribution >= 0.6 is 0 Å². The van der Waals surface area contributed by atoms with Crippen LogP contribution in [0.15, 0.2) is 59.4 Å². The van der Waals surface area contributed by atoms with E-state index in [-0.39, 0.29) is 24.5 Å². The number of carbonyl (C=O) groups is 1. The Labute approximate surface area is 186 Å². The number of methoxy groups -OCH3 is 1. The first-order valence-corrected chi connectivity index (χ1v) is 10.6. The quantitative estimate of drug-likeness (QED) is 0.662. The highest BCUT2D eigenvalue weighted by atomic mass is 16.5. The molecule has 0 saturated carbocycles. The summed E-state index contributed by atoms with van der Waals surface area (Å²) in [5, 5.41) is 5.95. The summed E-state index contributed by atoms with van der Waals surface area (Å²) in [6.07, 6.45) is 4.35. The molecule has 3 aromatic rings. The van der Waals surface area contributed by atoms with Gasteiger partial charge >= 0.3 is 0 Å². The van der Waals surface area contributed by atoms with E-state index in [1.165, 1.54) is 16.7 Å². The molecular weight excluding hydrogens is 406 g/mol. The third-order valence-corrected chi connectivity index (χ3v) is 6.13. The van der Waals surface area contributed by atoms with Crippen molar-refractivity contribution in [1.29, 1.82) is 0 Å². The summed E-state index contributed by atoms with van der Waals surface area (Å²) in [5.41, 5.74) is 7.97. The van der Waals surface area contributed by atoms with Gasteiger partial charge in [-0.2, -0.15) is 4.98 Å². The van der Waals surface area contributed by atoms with Gasteiger partial charge in [-0.15, -0.1) is 0 Å². The fourth-order valence-corrected chi connectivity index (χ4v) is 4.09. The lowest BCUT2D eigenvalue weighted by molar-refractivity contribution is -0.135. The number of hydrogen-bond donors (Lipinski definition) is 1. The molecule has 1 saturated heterocycles. The molecule has 0 aliphatic carbocycles. The van der Waals surface area contributed by atoms with Gasteiger partial charge in [-0.25, -0.2) is 5.43 Å². The van der Waals surface area contributed by atoms with Crippen LogP contribution in [0.5, 0.6) is 5.75 Å². The number of carbonyl (C=O) groups excluding carboxylic acids is 1. The zero-order valence-electron chi connectivity index (χ0n) is 18.3. The largest absolute Gasteiger partial charge is 0.497 e. The van der Waals surface area contributed by atoms with Crippen LogP contribution < -0.4 is 10.2 Å². The van der Waals surface area contributed by atoms with Crippen LogP contribution in [-0.4, -0.2) is 39.1 Å². The number of hydrogen-bond acceptors (Lipinski definition) is 7. The van der Waals surface area contributed by atoms with Crippen molar-refractivity contribution >= 4 is 5.91 Å². The average Bonchev–Trinajstić information content (AvgIpc) is 3.45. The molecule has 0 radical (unpaired) electrons. The molecule has 1 aromatic heterocycles. The van der Waals surface area contributed by atoms with E-state index in [4.69, 9.17) is 9.26 Å². The molecular formula is C24H25N5O3. The number of aromatic nitrogens is 2. The Morgan fingerprint density at radius 1 is 1.12 bits per heavy atom. The normalized spacial score (nSPS) is 20.0. The van der Waals surface area contributed by atoms with Gasteiger partial charge in [-0.05, 0) is 61.2 Å². The SMILES string of the molecule is COc1ccc(-c2noc(CN3C=CN4NC(c5ccc(C)c(C)c5)CC4C3=O)n2)cc1. The number of hydrazine groups is 1. The average molecular weight is 431 g/mol. The van der Waals surface area contributed by atoms with Gasteiger partial charge in [0, 0.05) is 18.0 Å². The highest BCUT2D eigenvalue weighted by Gasteiger charge is 2.40. The first-order chi connectivity index (χ1) is 15.5. The molecule has 2 aliphatic heterocycles. The Morgan fingerprint density at radius 3 is 2.69 bits per heavy atom. The van der Waals surface area contributed by atoms with Crippen molar-refractivity contribution in [3.8, 4) is 17.1 Å². The van der Waals surface area contributed by atoms with E-state index < -0.39 is 0 Å². The van der Waals surface area contributed by atoms with Crippen molar-refractivity contribution in [2.75, 3.05) is 7.11 Å². The second kappa shape index (κ2) is 8.12. The smallest absolute Gasteiger partial charge is 0.251 e. The molecule has 164 valence electrons. The topological polar surface area (TPSA) is 83.7 Å². The van der Waals surface area contributed by atoms with Gasteiger partial charge in [-0.1, -0.05) is 23.4 Å². The summed E-state index contributed by atoms with van der Waals surface area (Å²) in [7, 11) is 1.62. The van der Waals surface area contributed by atoms with Crippen molar-refractivity contribution in [2.45, 2.75) is 38.9 Å². The second-order valence-corrected chi connectivity index (χ2v) is 8.19. The van der Waals surface area contributed by atoms with Crippen LogP contribution in [0.3, 0.4) is 0 Å². The number of fused-ring (bicyclic) bond motifs is 1. The molecule has 1 fully saturated rings. The predicted octanol–water partition coefficient (Wildman–Crippen LogP) is 3.50. The van der Waals surface area contributed by atoms with E-state index in [1.807, 2.05) is 35.5 Å². The standard InChI is InChI=1S/C24H25N5O3/c1-15-4-5-18(12-16(15)2)20-13-21-24(30)28(10-11-29(21)26-20)14-22-25-23(27-32-22)17-6-8-19(31-3)9-7-17/h4-12,20-21,26H,13-14H2,1-3H3. The first-order valence-electron chi connectivity index (χ1n) is 10.6. The molecule has 8 nitrogen and oxygen atoms in total. The van der Waals surface area contributed by atoms with Crippen LogP contribution in [-0.2, 0) is 11.3 Å². The van der Waals surface area contributed by atoms with Crippen LogP contribution in [0.2, 0.25) is 0 Å². The second-order valence-electron chi connectivity index (χ2n) is 8.19. The van der Waals surface area contributed by atoms with Gasteiger partial charge in [0.05, 0.1) is 13.2 Å². The maximum absolute atomic E-state index is 13.1. The fourth-order valence-electron chi connectivity index (χ4n) is 4.09. The van der Waals surface area contributed by atoms with E-state index in [9.17, 15) is 4.79 Å². The Kier molecular flexibility index (Phi) is 5.14. The lowest BCUT2D eigenvalue weighted by atomic mass is 9.97. The number of ether oxygens (including phenoxy) is 1. The molecule has 2 unspecified atom stereocenters. The molecule has 0 bridgehead atoms. The van der Waals surface area contributed by atoms with E-state index in [2.05, 4.69) is 47.6 Å². The number of rotatable bonds is 5. The minimum Gasteiger partial charge on any atom is -0.497 e. The molecule has 2 atom stereocenters. The summed E-state index contributed by atoms with van der Waals surface area (Å²) in [6.45, 7) is 4.45. The zero-order chi connectivity index (χ0) is 22.2. The molecule has 2 aliphatic rings. The van der Waals surface area contributed by atoms with Crippen LogP contribution in [0.1, 0.15) is 35.0 Å². The number of benzene rings is 2. The van der Waals surface area contributed by atoms with Crippen molar-refractivity contribution in [3.63, 3.8) is 0 Å². The highest BCUT2D eigenvalue weighted by molar-refractivity contribution is 5.84. The predicted molar refractivity (Wildman–Crippen MR) is 118 cm³/mol. The summed E-state index contributed by atoms with van der Waals surface area (Å²) < 4.78 is 10.6. The van der Waals surface area contributed by atoms with Crippen molar-refractivity contribution in [3.05, 3.63) is 77.4 Å². The van der Waals surface area contributed by atoms with Gasteiger partial charge in [0.2, 0.25) is 11.7 Å². The van der Waals surface area contributed by atoms with Gasteiger partial charge < -0.3 is 19.2 Å². The molecule has 2 aromatic carbocycles. The third-order valence-electron chi connectivity index (χ3n) is 6.13. The maximum Gasteiger partial charge on any atom is 0.251 e. The van der Waals surface area contributed by atoms with Crippen LogP contribution in [0.4, 0.5) is 0 Å². The van der Waals surface area contributed by atoms with Crippen molar-refractivity contribution < 1.29 is 14.1 Å². The summed E-state index contributed by atoms with van der Waals surface area (Å²) in [5.74, 6) is 1.64. The Hall–Kier alpha value is -3.65. The molecule has 0 spiro atoms. The first kappa shape index (κ1) is 20.3. The van der Waals surface area contributed by atoms with E-state index >= 15 is 0 Å².